The lowest BCUT2D eigenvalue weighted by molar-refractivity contribution is -0.196. The van der Waals surface area contributed by atoms with Gasteiger partial charge in [-0.05, 0) is 11.1 Å². The van der Waals surface area contributed by atoms with Crippen LogP contribution in [0.3, 0.4) is 0 Å². The van der Waals surface area contributed by atoms with E-state index in [9.17, 15) is 18.9 Å². The van der Waals surface area contributed by atoms with Gasteiger partial charge in [-0.2, -0.15) is 0 Å². The first-order valence-corrected chi connectivity index (χ1v) is 13.9. The number of rotatable bonds is 11. The molecule has 0 spiro atoms. The van der Waals surface area contributed by atoms with Gasteiger partial charge in [-0.15, -0.1) is 0 Å². The lowest BCUT2D eigenvalue weighted by atomic mass is 10.0. The summed E-state index contributed by atoms with van der Waals surface area (Å²) in [7, 11) is -2.85. The average Bonchev–Trinajstić information content (AvgIpc) is 2.88. The van der Waals surface area contributed by atoms with Crippen molar-refractivity contribution in [3.63, 3.8) is 0 Å². The van der Waals surface area contributed by atoms with Gasteiger partial charge in [0.05, 0.1) is 19.8 Å². The summed E-state index contributed by atoms with van der Waals surface area (Å²) in [6, 6.07) is 18.5. The molecule has 11 heteroatoms. The SMILES string of the molecule is COP1(=O)[C@@H](COCc2ccccc2)[C@@H](OC(C)=O)[C@H](OCc2ccccc2)[C@@H](OC(C)=O)[C@@H]1OC(C)=O. The van der Waals surface area contributed by atoms with E-state index in [1.807, 2.05) is 60.7 Å². The molecule has 6 atom stereocenters. The van der Waals surface area contributed by atoms with Gasteiger partial charge in [-0.3, -0.25) is 18.9 Å². The molecule has 1 fully saturated rings. The molecule has 0 aromatic heterocycles. The zero-order valence-electron chi connectivity index (χ0n) is 21.8. The van der Waals surface area contributed by atoms with Crippen LogP contribution in [0.2, 0.25) is 0 Å². The van der Waals surface area contributed by atoms with E-state index in [0.717, 1.165) is 25.0 Å². The summed E-state index contributed by atoms with van der Waals surface area (Å²) in [4.78, 5) is 36.4. The molecule has 1 aliphatic rings. The molecule has 38 heavy (non-hydrogen) atoms. The van der Waals surface area contributed by atoms with Crippen molar-refractivity contribution in [3.05, 3.63) is 71.8 Å². The third-order valence-corrected chi connectivity index (χ3v) is 9.03. The first-order valence-electron chi connectivity index (χ1n) is 12.1. The third-order valence-electron chi connectivity index (χ3n) is 5.99. The maximum atomic E-state index is 14.4. The molecule has 1 saturated heterocycles. The molecule has 0 amide bonds. The number of hydrogen-bond donors (Lipinski definition) is 0. The summed E-state index contributed by atoms with van der Waals surface area (Å²) in [5, 5.41) is 0. The molecule has 2 aromatic rings. The highest BCUT2D eigenvalue weighted by Crippen LogP contribution is 2.63. The molecule has 1 unspecified atom stereocenters. The molecular formula is C27H33O10P. The van der Waals surface area contributed by atoms with Crippen LogP contribution in [-0.2, 0) is 60.4 Å². The van der Waals surface area contributed by atoms with Gasteiger partial charge < -0.3 is 28.2 Å². The van der Waals surface area contributed by atoms with Crippen molar-refractivity contribution in [1.29, 1.82) is 0 Å². The van der Waals surface area contributed by atoms with Crippen molar-refractivity contribution >= 4 is 25.3 Å². The van der Waals surface area contributed by atoms with Crippen LogP contribution in [0, 0.1) is 0 Å². The highest BCUT2D eigenvalue weighted by atomic mass is 31.2. The average molecular weight is 549 g/mol. The Balaban J connectivity index is 2.03. The summed E-state index contributed by atoms with van der Waals surface area (Å²) in [6.07, 6.45) is -3.76. The van der Waals surface area contributed by atoms with E-state index in [1.54, 1.807) is 0 Å². The molecule has 3 rings (SSSR count). The van der Waals surface area contributed by atoms with Crippen LogP contribution in [-0.4, -0.2) is 61.4 Å². The zero-order valence-corrected chi connectivity index (χ0v) is 22.7. The Hall–Kier alpha value is -3.04. The molecule has 0 radical (unpaired) electrons. The normalized spacial score (nSPS) is 26.8. The number of benzene rings is 2. The lowest BCUT2D eigenvalue weighted by Gasteiger charge is -2.47. The fourth-order valence-electron chi connectivity index (χ4n) is 4.40. The topological polar surface area (TPSA) is 124 Å². The van der Waals surface area contributed by atoms with Gasteiger partial charge in [-0.1, -0.05) is 60.7 Å². The Morgan fingerprint density at radius 3 is 1.71 bits per heavy atom. The largest absolute Gasteiger partial charge is 0.459 e. The first-order chi connectivity index (χ1) is 18.2. The third kappa shape index (κ3) is 7.51. The minimum Gasteiger partial charge on any atom is -0.459 e. The fraction of sp³-hybridized carbons (Fsp3) is 0.444. The molecule has 1 aliphatic heterocycles. The summed E-state index contributed by atoms with van der Waals surface area (Å²) in [5.41, 5.74) is 0.555. The van der Waals surface area contributed by atoms with Crippen molar-refractivity contribution in [1.82, 2.24) is 0 Å². The van der Waals surface area contributed by atoms with Crippen LogP contribution in [0.1, 0.15) is 31.9 Å². The maximum Gasteiger partial charge on any atom is 0.303 e. The monoisotopic (exact) mass is 548 g/mol. The highest BCUT2D eigenvalue weighted by molar-refractivity contribution is 7.60. The van der Waals surface area contributed by atoms with E-state index >= 15 is 0 Å². The second kappa shape index (κ2) is 13.7. The number of carbonyl (C=O) groups excluding carboxylic acids is 3. The van der Waals surface area contributed by atoms with Crippen molar-refractivity contribution < 1.29 is 47.2 Å². The number of esters is 3. The summed E-state index contributed by atoms with van der Waals surface area (Å²) >= 11 is 0. The number of carbonyl (C=O) groups is 3. The van der Waals surface area contributed by atoms with E-state index in [-0.39, 0.29) is 19.8 Å². The van der Waals surface area contributed by atoms with E-state index in [1.165, 1.54) is 14.0 Å². The van der Waals surface area contributed by atoms with Gasteiger partial charge in [0, 0.05) is 27.9 Å². The van der Waals surface area contributed by atoms with Crippen molar-refractivity contribution in [2.45, 2.75) is 63.8 Å². The smallest absolute Gasteiger partial charge is 0.303 e. The van der Waals surface area contributed by atoms with Crippen LogP contribution >= 0.6 is 7.37 Å². The van der Waals surface area contributed by atoms with Crippen LogP contribution in [0.15, 0.2) is 60.7 Å². The minimum atomic E-state index is -4.05. The van der Waals surface area contributed by atoms with Crippen LogP contribution < -0.4 is 0 Å². The standard InChI is InChI=1S/C27H33O10P/c1-18(28)35-24-23(17-33-15-21-11-7-5-8-12-21)38(31,32-4)27(37-20(3)30)26(36-19(2)29)25(24)34-16-22-13-9-6-10-14-22/h5-14,23-27H,15-17H2,1-4H3/t23-,24+,25-,26+,27+,38?/m0/s1. The Bertz CT molecular complexity index is 1120. The Morgan fingerprint density at radius 2 is 1.21 bits per heavy atom. The van der Waals surface area contributed by atoms with Crippen LogP contribution in [0.5, 0.6) is 0 Å². The predicted molar refractivity (Wildman–Crippen MR) is 136 cm³/mol. The van der Waals surface area contributed by atoms with E-state index in [4.69, 9.17) is 28.2 Å². The van der Waals surface area contributed by atoms with Gasteiger partial charge in [-0.25, -0.2) is 0 Å². The molecule has 0 N–H and O–H groups in total. The van der Waals surface area contributed by atoms with Crippen molar-refractivity contribution in [3.8, 4) is 0 Å². The summed E-state index contributed by atoms with van der Waals surface area (Å²) in [5.74, 6) is -3.69. The molecule has 0 aliphatic carbocycles. The van der Waals surface area contributed by atoms with Crippen LogP contribution in [0.4, 0.5) is 0 Å². The molecule has 0 bridgehead atoms. The molecule has 0 saturated carbocycles. The Kier molecular flexibility index (Phi) is 10.6. The summed E-state index contributed by atoms with van der Waals surface area (Å²) < 4.78 is 48.6. The van der Waals surface area contributed by atoms with Gasteiger partial charge in [0.1, 0.15) is 17.9 Å². The molecule has 10 nitrogen and oxygen atoms in total. The molecule has 1 heterocycles. The predicted octanol–water partition coefficient (Wildman–Crippen LogP) is 3.85. The van der Waals surface area contributed by atoms with E-state index in [2.05, 4.69) is 0 Å². The van der Waals surface area contributed by atoms with Gasteiger partial charge >= 0.3 is 17.9 Å². The number of ether oxygens (including phenoxy) is 5. The molecule has 206 valence electrons. The first kappa shape index (κ1) is 29.5. The van der Waals surface area contributed by atoms with Gasteiger partial charge in [0.15, 0.2) is 6.10 Å². The zero-order chi connectivity index (χ0) is 27.7. The lowest BCUT2D eigenvalue weighted by Crippen LogP contribution is -2.61. The maximum absolute atomic E-state index is 14.4. The highest BCUT2D eigenvalue weighted by Gasteiger charge is 2.63. The molecule has 2 aromatic carbocycles. The quantitative estimate of drug-likeness (QED) is 0.232. The van der Waals surface area contributed by atoms with E-state index in [0.29, 0.717) is 0 Å². The Labute approximate surface area is 221 Å². The Morgan fingerprint density at radius 1 is 0.711 bits per heavy atom. The number of hydrogen-bond acceptors (Lipinski definition) is 10. The second-order valence-corrected chi connectivity index (χ2v) is 11.6. The van der Waals surface area contributed by atoms with Crippen molar-refractivity contribution in [2.75, 3.05) is 13.7 Å². The van der Waals surface area contributed by atoms with Gasteiger partial charge in [0.2, 0.25) is 5.85 Å². The van der Waals surface area contributed by atoms with E-state index < -0.39 is 55.1 Å². The van der Waals surface area contributed by atoms with Gasteiger partial charge in [0.25, 0.3) is 7.37 Å². The summed E-state index contributed by atoms with van der Waals surface area (Å²) in [6.45, 7) is 3.54. The second-order valence-electron chi connectivity index (χ2n) is 8.81. The fourth-order valence-corrected chi connectivity index (χ4v) is 7.14. The van der Waals surface area contributed by atoms with Crippen molar-refractivity contribution in [2.24, 2.45) is 0 Å². The van der Waals surface area contributed by atoms with Crippen LogP contribution in [0.25, 0.3) is 0 Å². The molecular weight excluding hydrogens is 515 g/mol. The minimum absolute atomic E-state index is 0.0443.